The van der Waals surface area contributed by atoms with E-state index in [0.29, 0.717) is 0 Å². The van der Waals surface area contributed by atoms with E-state index in [2.05, 4.69) is 247 Å². The first-order chi connectivity index (χ1) is 26.8. The minimum atomic E-state index is 0.108. The average molecular weight is 731 g/mol. The van der Waals surface area contributed by atoms with Crippen LogP contribution in [0.2, 0.25) is 0 Å². The van der Waals surface area contributed by atoms with Crippen LogP contribution in [-0.2, 0) is 10.8 Å². The van der Waals surface area contributed by atoms with Crippen LogP contribution in [0.15, 0.2) is 170 Å². The van der Waals surface area contributed by atoms with Gasteiger partial charge in [-0.2, -0.15) is 0 Å². The second-order valence-corrected chi connectivity index (χ2v) is 17.0. The van der Waals surface area contributed by atoms with E-state index in [1.54, 1.807) is 0 Å². The number of hydrogen-bond donors (Lipinski definition) is 0. The van der Waals surface area contributed by atoms with E-state index in [9.17, 15) is 0 Å². The average Bonchev–Trinajstić information content (AvgIpc) is 3.19. The zero-order chi connectivity index (χ0) is 39.5. The van der Waals surface area contributed by atoms with Crippen LogP contribution < -0.4 is 9.80 Å². The van der Waals surface area contributed by atoms with Crippen LogP contribution in [0, 0.1) is 13.8 Å². The number of rotatable bonds is 9. The van der Waals surface area contributed by atoms with Crippen molar-refractivity contribution in [3.05, 3.63) is 203 Å². The molecule has 0 atom stereocenters. The normalized spacial score (nSPS) is 11.9. The van der Waals surface area contributed by atoms with Crippen LogP contribution in [0.25, 0.3) is 23.3 Å². The minimum absolute atomic E-state index is 0.108. The number of benzene rings is 7. The first-order valence-electron chi connectivity index (χ1n) is 19.8. The van der Waals surface area contributed by atoms with Crippen molar-refractivity contribution in [2.75, 3.05) is 9.80 Å². The lowest BCUT2D eigenvalue weighted by atomic mass is 9.87. The quantitative estimate of drug-likeness (QED) is 0.136. The lowest BCUT2D eigenvalue weighted by Crippen LogP contribution is -2.13. The van der Waals surface area contributed by atoms with Gasteiger partial charge in [0.25, 0.3) is 0 Å². The lowest BCUT2D eigenvalue weighted by Gasteiger charge is -2.27. The van der Waals surface area contributed by atoms with Gasteiger partial charge in [-0.3, -0.25) is 0 Å². The summed E-state index contributed by atoms with van der Waals surface area (Å²) in [7, 11) is 0. The maximum Gasteiger partial charge on any atom is 0.0462 e. The van der Waals surface area contributed by atoms with Crippen molar-refractivity contribution in [1.29, 1.82) is 0 Å². The summed E-state index contributed by atoms with van der Waals surface area (Å²) in [6.07, 6.45) is 4.38. The summed E-state index contributed by atoms with van der Waals surface area (Å²) in [5.41, 5.74) is 16.9. The highest BCUT2D eigenvalue weighted by molar-refractivity contribution is 5.80. The number of hydrogen-bond acceptors (Lipinski definition) is 2. The van der Waals surface area contributed by atoms with Crippen LogP contribution in [0.5, 0.6) is 0 Å². The molecule has 0 radical (unpaired) electrons. The summed E-state index contributed by atoms with van der Waals surface area (Å²) in [5.74, 6) is 0. The molecular formula is C54H54N2. The van der Waals surface area contributed by atoms with Crippen molar-refractivity contribution < 1.29 is 0 Å². The molecule has 0 saturated heterocycles. The summed E-state index contributed by atoms with van der Waals surface area (Å²) in [6.45, 7) is 17.8. The van der Waals surface area contributed by atoms with E-state index < -0.39 is 0 Å². The van der Waals surface area contributed by atoms with Crippen LogP contribution in [0.4, 0.5) is 34.1 Å². The van der Waals surface area contributed by atoms with Gasteiger partial charge in [-0.1, -0.05) is 162 Å². The predicted octanol–water partition coefficient (Wildman–Crippen LogP) is 15.7. The molecule has 2 nitrogen and oxygen atoms in total. The Hall–Kier alpha value is -6.12. The second-order valence-electron chi connectivity index (χ2n) is 17.0. The molecule has 56 heavy (non-hydrogen) atoms. The van der Waals surface area contributed by atoms with E-state index in [0.717, 1.165) is 39.7 Å². The Morgan fingerprint density at radius 3 is 0.839 bits per heavy atom. The fraction of sp³-hybridized carbons (Fsp3) is 0.185. The fourth-order valence-corrected chi connectivity index (χ4v) is 7.02. The molecule has 0 unspecified atom stereocenters. The summed E-state index contributed by atoms with van der Waals surface area (Å²) in [6, 6.07) is 62.0. The fourth-order valence-electron chi connectivity index (χ4n) is 7.02. The Morgan fingerprint density at radius 2 is 0.536 bits per heavy atom. The van der Waals surface area contributed by atoms with Gasteiger partial charge in [0, 0.05) is 34.1 Å². The molecule has 0 aliphatic rings. The Morgan fingerprint density at radius 1 is 0.304 bits per heavy atom. The molecule has 0 spiro atoms. The van der Waals surface area contributed by atoms with E-state index >= 15 is 0 Å². The first-order valence-corrected chi connectivity index (χ1v) is 19.8. The van der Waals surface area contributed by atoms with Gasteiger partial charge in [0.1, 0.15) is 0 Å². The van der Waals surface area contributed by atoms with Gasteiger partial charge >= 0.3 is 0 Å². The predicted molar refractivity (Wildman–Crippen MR) is 243 cm³/mol. The third-order valence-corrected chi connectivity index (χ3v) is 10.6. The van der Waals surface area contributed by atoms with Crippen molar-refractivity contribution in [3.8, 4) is 11.1 Å². The Bertz CT molecular complexity index is 2370. The summed E-state index contributed by atoms with van der Waals surface area (Å²) in [4.78, 5) is 4.66. The maximum absolute atomic E-state index is 2.33. The molecule has 7 aromatic carbocycles. The van der Waals surface area contributed by atoms with Gasteiger partial charge in [-0.05, 0) is 131 Å². The van der Waals surface area contributed by atoms with Crippen LogP contribution in [0.1, 0.15) is 74.9 Å². The van der Waals surface area contributed by atoms with Crippen LogP contribution >= 0.6 is 0 Å². The third-order valence-electron chi connectivity index (χ3n) is 10.6. The summed E-state index contributed by atoms with van der Waals surface area (Å²) >= 11 is 0. The molecule has 7 rings (SSSR count). The number of aryl methyl sites for hydroxylation is 2. The SMILES string of the molecule is Cc1ccc(N(c2ccc(/C=C/c3ccc(-c4ccc(N(c5ccc(C)cc5)c5ccc(C(C)(C)C)cc5)cc4)cc3)cc2)c2ccc(C(C)(C)C)cc2)cc1. The molecule has 0 heterocycles. The van der Waals surface area contributed by atoms with Gasteiger partial charge in [-0.25, -0.2) is 0 Å². The largest absolute Gasteiger partial charge is 0.311 e. The molecule has 0 aromatic heterocycles. The smallest absolute Gasteiger partial charge is 0.0462 e. The molecule has 0 amide bonds. The molecule has 0 bridgehead atoms. The van der Waals surface area contributed by atoms with Gasteiger partial charge in [-0.15, -0.1) is 0 Å². The number of anilines is 6. The third kappa shape index (κ3) is 8.88. The molecule has 0 aliphatic carbocycles. The highest BCUT2D eigenvalue weighted by Gasteiger charge is 2.18. The molecule has 7 aromatic rings. The van der Waals surface area contributed by atoms with E-state index in [1.807, 2.05) is 0 Å². The number of nitrogens with zero attached hydrogens (tertiary/aromatic N) is 2. The second kappa shape index (κ2) is 15.9. The van der Waals surface area contributed by atoms with Gasteiger partial charge in [0.05, 0.1) is 0 Å². The standard InChI is InChI=1S/C54H54N2/c1-39-9-27-47(28-10-39)55(51-35-23-45(24-36-51)53(3,4)5)49-31-17-42(18-32-49)14-13-41-15-19-43(20-16-41)44-21-33-50(34-22-44)56(48-29-11-40(2)12-30-48)52-37-25-46(26-38-52)54(6,7)8/h9-38H,1-8H3/b14-13+. The Kier molecular flexibility index (Phi) is 10.9. The molecule has 280 valence electrons. The summed E-state index contributed by atoms with van der Waals surface area (Å²) < 4.78 is 0. The van der Waals surface area contributed by atoms with Gasteiger partial charge in [0.15, 0.2) is 0 Å². The van der Waals surface area contributed by atoms with E-state index in [1.165, 1.54) is 38.9 Å². The van der Waals surface area contributed by atoms with Crippen molar-refractivity contribution in [1.82, 2.24) is 0 Å². The van der Waals surface area contributed by atoms with Crippen molar-refractivity contribution in [2.24, 2.45) is 0 Å². The molecule has 0 saturated carbocycles. The lowest BCUT2D eigenvalue weighted by molar-refractivity contribution is 0.590. The van der Waals surface area contributed by atoms with E-state index in [-0.39, 0.29) is 10.8 Å². The van der Waals surface area contributed by atoms with Crippen LogP contribution in [-0.4, -0.2) is 0 Å². The molecule has 0 fully saturated rings. The van der Waals surface area contributed by atoms with Gasteiger partial charge < -0.3 is 9.80 Å². The zero-order valence-electron chi connectivity index (χ0n) is 34.2. The minimum Gasteiger partial charge on any atom is -0.311 e. The Balaban J connectivity index is 1.07. The first kappa shape index (κ1) is 38.2. The Labute approximate surface area is 335 Å². The van der Waals surface area contributed by atoms with Crippen molar-refractivity contribution >= 4 is 46.3 Å². The van der Waals surface area contributed by atoms with Crippen LogP contribution in [0.3, 0.4) is 0 Å². The van der Waals surface area contributed by atoms with E-state index in [4.69, 9.17) is 0 Å². The van der Waals surface area contributed by atoms with Gasteiger partial charge in [0.2, 0.25) is 0 Å². The molecule has 0 aliphatic heterocycles. The zero-order valence-corrected chi connectivity index (χ0v) is 34.2. The highest BCUT2D eigenvalue weighted by Crippen LogP contribution is 2.38. The highest BCUT2D eigenvalue weighted by atomic mass is 15.1. The van der Waals surface area contributed by atoms with Crippen molar-refractivity contribution in [3.63, 3.8) is 0 Å². The molecule has 0 N–H and O–H groups in total. The molecule has 2 heteroatoms. The maximum atomic E-state index is 2.33. The topological polar surface area (TPSA) is 6.48 Å². The summed E-state index contributed by atoms with van der Waals surface area (Å²) in [5, 5.41) is 0. The van der Waals surface area contributed by atoms with Crippen molar-refractivity contribution in [2.45, 2.75) is 66.2 Å². The molecular weight excluding hydrogens is 677 g/mol. The monoisotopic (exact) mass is 730 g/mol.